The maximum atomic E-state index is 5.79. The third-order valence-electron chi connectivity index (χ3n) is 2.01. The van der Waals surface area contributed by atoms with Crippen molar-refractivity contribution in [1.29, 1.82) is 0 Å². The van der Waals surface area contributed by atoms with Crippen molar-refractivity contribution in [3.8, 4) is 0 Å². The molecule has 4 heteroatoms. The van der Waals surface area contributed by atoms with Crippen molar-refractivity contribution >= 4 is 11.6 Å². The van der Waals surface area contributed by atoms with Crippen LogP contribution in [0.1, 0.15) is 18.5 Å². The minimum absolute atomic E-state index is 0.269. The van der Waals surface area contributed by atoms with Crippen molar-refractivity contribution in [3.05, 3.63) is 29.0 Å². The van der Waals surface area contributed by atoms with E-state index in [1.807, 2.05) is 12.1 Å². The van der Waals surface area contributed by atoms with Crippen molar-refractivity contribution in [2.75, 3.05) is 20.3 Å². The number of halogens is 1. The zero-order valence-corrected chi connectivity index (χ0v) is 9.21. The molecule has 0 aliphatic heterocycles. The summed E-state index contributed by atoms with van der Waals surface area (Å²) in [6.07, 6.45) is 1.71. The van der Waals surface area contributed by atoms with Gasteiger partial charge in [0.15, 0.2) is 0 Å². The summed E-state index contributed by atoms with van der Waals surface area (Å²) in [5, 5.41) is 3.85. The van der Waals surface area contributed by atoms with Crippen LogP contribution >= 0.6 is 11.6 Å². The molecule has 0 bridgehead atoms. The van der Waals surface area contributed by atoms with Crippen LogP contribution in [0.5, 0.6) is 0 Å². The summed E-state index contributed by atoms with van der Waals surface area (Å²) in [5.74, 6) is 0. The highest BCUT2D eigenvalue weighted by Gasteiger charge is 2.04. The Morgan fingerprint density at radius 1 is 1.64 bits per heavy atom. The summed E-state index contributed by atoms with van der Waals surface area (Å²) in [6, 6.07) is 4.09. The average molecular weight is 215 g/mol. The fourth-order valence-corrected chi connectivity index (χ4v) is 1.36. The lowest BCUT2D eigenvalue weighted by Crippen LogP contribution is -2.22. The number of hydrogen-bond donors (Lipinski definition) is 1. The Morgan fingerprint density at radius 2 is 2.43 bits per heavy atom. The van der Waals surface area contributed by atoms with E-state index in [1.54, 1.807) is 13.3 Å². The van der Waals surface area contributed by atoms with Gasteiger partial charge in [-0.1, -0.05) is 11.6 Å². The van der Waals surface area contributed by atoms with E-state index in [4.69, 9.17) is 16.3 Å². The zero-order chi connectivity index (χ0) is 10.4. The molecule has 0 spiro atoms. The fraction of sp³-hybridized carbons (Fsp3) is 0.500. The van der Waals surface area contributed by atoms with Crippen molar-refractivity contribution in [2.45, 2.75) is 13.0 Å². The van der Waals surface area contributed by atoms with Crippen LogP contribution in [0.25, 0.3) is 0 Å². The Morgan fingerprint density at radius 3 is 3.07 bits per heavy atom. The van der Waals surface area contributed by atoms with Gasteiger partial charge in [-0.05, 0) is 24.6 Å². The molecular formula is C10H15ClN2O. The molecule has 0 fully saturated rings. The predicted octanol–water partition coefficient (Wildman–Crippen LogP) is 2.03. The Bertz CT molecular complexity index is 281. The maximum Gasteiger partial charge on any atom is 0.129 e. The van der Waals surface area contributed by atoms with E-state index < -0.39 is 0 Å². The molecule has 78 valence electrons. The molecule has 1 unspecified atom stereocenters. The van der Waals surface area contributed by atoms with Crippen molar-refractivity contribution in [2.24, 2.45) is 0 Å². The molecule has 1 heterocycles. The van der Waals surface area contributed by atoms with Gasteiger partial charge in [-0.25, -0.2) is 4.98 Å². The van der Waals surface area contributed by atoms with Gasteiger partial charge in [0.05, 0.1) is 6.61 Å². The molecule has 0 amide bonds. The van der Waals surface area contributed by atoms with E-state index in [1.165, 1.54) is 0 Å². The molecule has 1 N–H and O–H groups in total. The third-order valence-corrected chi connectivity index (χ3v) is 2.21. The molecule has 1 atom stereocenters. The molecule has 0 saturated heterocycles. The fourth-order valence-electron chi connectivity index (χ4n) is 1.18. The second-order valence-electron chi connectivity index (χ2n) is 3.08. The minimum Gasteiger partial charge on any atom is -0.383 e. The highest BCUT2D eigenvalue weighted by molar-refractivity contribution is 6.29. The number of methoxy groups -OCH3 is 1. The quantitative estimate of drug-likeness (QED) is 0.602. The number of ether oxygens (including phenoxy) is 1. The summed E-state index contributed by atoms with van der Waals surface area (Å²) < 4.78 is 4.95. The summed E-state index contributed by atoms with van der Waals surface area (Å²) in [4.78, 5) is 3.93. The standard InChI is InChI=1S/C10H15ClN2O/c1-8(12-5-6-14-2)9-3-4-13-10(11)7-9/h3-4,7-8,12H,5-6H2,1-2H3. The number of rotatable bonds is 5. The van der Waals surface area contributed by atoms with Crippen LogP contribution in [-0.4, -0.2) is 25.2 Å². The first-order valence-electron chi connectivity index (χ1n) is 4.58. The van der Waals surface area contributed by atoms with Gasteiger partial charge in [0, 0.05) is 25.9 Å². The van der Waals surface area contributed by atoms with Gasteiger partial charge in [-0.3, -0.25) is 0 Å². The van der Waals surface area contributed by atoms with E-state index in [0.717, 1.165) is 12.1 Å². The highest BCUT2D eigenvalue weighted by atomic mass is 35.5. The smallest absolute Gasteiger partial charge is 0.129 e. The molecule has 1 aromatic rings. The number of aromatic nitrogens is 1. The Balaban J connectivity index is 2.47. The molecule has 0 aromatic carbocycles. The summed E-state index contributed by atoms with van der Waals surface area (Å²) >= 11 is 5.79. The number of pyridine rings is 1. The highest BCUT2D eigenvalue weighted by Crippen LogP contribution is 2.14. The van der Waals surface area contributed by atoms with Crippen molar-refractivity contribution in [3.63, 3.8) is 0 Å². The van der Waals surface area contributed by atoms with E-state index in [2.05, 4.69) is 17.2 Å². The van der Waals surface area contributed by atoms with Gasteiger partial charge < -0.3 is 10.1 Å². The average Bonchev–Trinajstić information content (AvgIpc) is 2.18. The number of hydrogen-bond acceptors (Lipinski definition) is 3. The Kier molecular flexibility index (Phi) is 4.87. The Labute approximate surface area is 89.4 Å². The zero-order valence-electron chi connectivity index (χ0n) is 8.46. The van der Waals surface area contributed by atoms with E-state index >= 15 is 0 Å². The van der Waals surface area contributed by atoms with Gasteiger partial charge in [0.2, 0.25) is 0 Å². The molecule has 14 heavy (non-hydrogen) atoms. The molecule has 0 aliphatic carbocycles. The summed E-state index contributed by atoms with van der Waals surface area (Å²) in [5.41, 5.74) is 1.14. The second-order valence-corrected chi connectivity index (χ2v) is 3.47. The largest absolute Gasteiger partial charge is 0.383 e. The molecule has 1 rings (SSSR count). The van der Waals surface area contributed by atoms with Crippen LogP contribution < -0.4 is 5.32 Å². The first-order chi connectivity index (χ1) is 6.74. The molecule has 1 aromatic heterocycles. The second kappa shape index (κ2) is 5.96. The summed E-state index contributed by atoms with van der Waals surface area (Å²) in [6.45, 7) is 3.63. The van der Waals surface area contributed by atoms with Gasteiger partial charge in [-0.15, -0.1) is 0 Å². The topological polar surface area (TPSA) is 34.1 Å². The van der Waals surface area contributed by atoms with Crippen molar-refractivity contribution < 1.29 is 4.74 Å². The van der Waals surface area contributed by atoms with E-state index in [-0.39, 0.29) is 6.04 Å². The Hall–Kier alpha value is -0.640. The van der Waals surface area contributed by atoms with Crippen LogP contribution in [0.15, 0.2) is 18.3 Å². The number of nitrogens with one attached hydrogen (secondary N) is 1. The van der Waals surface area contributed by atoms with Crippen molar-refractivity contribution in [1.82, 2.24) is 10.3 Å². The lowest BCUT2D eigenvalue weighted by Gasteiger charge is -2.13. The molecular weight excluding hydrogens is 200 g/mol. The van der Waals surface area contributed by atoms with Gasteiger partial charge in [0.1, 0.15) is 5.15 Å². The van der Waals surface area contributed by atoms with Crippen LogP contribution in [0.3, 0.4) is 0 Å². The molecule has 0 radical (unpaired) electrons. The normalized spacial score (nSPS) is 12.8. The molecule has 0 aliphatic rings. The number of nitrogens with zero attached hydrogens (tertiary/aromatic N) is 1. The van der Waals surface area contributed by atoms with Crippen LogP contribution in [0.2, 0.25) is 5.15 Å². The monoisotopic (exact) mass is 214 g/mol. The van der Waals surface area contributed by atoms with Gasteiger partial charge >= 0.3 is 0 Å². The van der Waals surface area contributed by atoms with Gasteiger partial charge in [-0.2, -0.15) is 0 Å². The third kappa shape index (κ3) is 3.62. The van der Waals surface area contributed by atoms with Crippen LogP contribution in [0.4, 0.5) is 0 Å². The van der Waals surface area contributed by atoms with Crippen LogP contribution in [0, 0.1) is 0 Å². The van der Waals surface area contributed by atoms with E-state index in [0.29, 0.717) is 11.8 Å². The first-order valence-corrected chi connectivity index (χ1v) is 4.95. The van der Waals surface area contributed by atoms with E-state index in [9.17, 15) is 0 Å². The first kappa shape index (κ1) is 11.4. The lowest BCUT2D eigenvalue weighted by atomic mass is 10.1. The van der Waals surface area contributed by atoms with Gasteiger partial charge in [0.25, 0.3) is 0 Å². The minimum atomic E-state index is 0.269. The predicted molar refractivity (Wildman–Crippen MR) is 57.5 cm³/mol. The summed E-state index contributed by atoms with van der Waals surface area (Å²) in [7, 11) is 1.69. The lowest BCUT2D eigenvalue weighted by molar-refractivity contribution is 0.196. The SMILES string of the molecule is COCCNC(C)c1ccnc(Cl)c1. The van der Waals surface area contributed by atoms with Crippen LogP contribution in [-0.2, 0) is 4.74 Å². The maximum absolute atomic E-state index is 5.79. The molecule has 3 nitrogen and oxygen atoms in total. The molecule has 0 saturated carbocycles.